The predicted molar refractivity (Wildman–Crippen MR) is 60.5 cm³/mol. The number of carbonyl (C=O) groups is 2. The summed E-state index contributed by atoms with van der Waals surface area (Å²) in [6.07, 6.45) is 0.634. The summed E-state index contributed by atoms with van der Waals surface area (Å²) in [6, 6.07) is 2.58. The summed E-state index contributed by atoms with van der Waals surface area (Å²) in [6.45, 7) is 2.37. The molecule has 0 bridgehead atoms. The van der Waals surface area contributed by atoms with Crippen molar-refractivity contribution in [3.8, 4) is 0 Å². The van der Waals surface area contributed by atoms with Gasteiger partial charge in [-0.15, -0.1) is 0 Å². The Bertz CT molecular complexity index is 435. The fourth-order valence-corrected chi connectivity index (χ4v) is 1.12. The van der Waals surface area contributed by atoms with Crippen LogP contribution in [0.15, 0.2) is 16.9 Å². The largest absolute Gasteiger partial charge is 0.356 e. The summed E-state index contributed by atoms with van der Waals surface area (Å²) in [5.41, 5.74) is -0.198. The van der Waals surface area contributed by atoms with Crippen molar-refractivity contribution in [3.05, 3.63) is 28.2 Å². The molecular formula is C10H14N4O3. The van der Waals surface area contributed by atoms with E-state index in [1.165, 1.54) is 19.1 Å². The Morgan fingerprint density at radius 3 is 2.59 bits per heavy atom. The van der Waals surface area contributed by atoms with E-state index in [4.69, 9.17) is 0 Å². The van der Waals surface area contributed by atoms with Gasteiger partial charge in [-0.05, 0) is 12.5 Å². The lowest BCUT2D eigenvalue weighted by atomic mass is 10.3. The van der Waals surface area contributed by atoms with E-state index in [1.54, 1.807) is 0 Å². The molecule has 1 rings (SSSR count). The van der Waals surface area contributed by atoms with E-state index in [0.29, 0.717) is 19.5 Å². The van der Waals surface area contributed by atoms with Crippen molar-refractivity contribution < 1.29 is 9.59 Å². The molecule has 1 heterocycles. The van der Waals surface area contributed by atoms with Crippen molar-refractivity contribution >= 4 is 11.8 Å². The molecule has 0 saturated heterocycles. The number of nitrogens with zero attached hydrogens (tertiary/aromatic N) is 1. The molecule has 0 unspecified atom stereocenters. The van der Waals surface area contributed by atoms with Crippen LogP contribution in [0, 0.1) is 0 Å². The first kappa shape index (κ1) is 12.9. The number of aromatic amines is 1. The van der Waals surface area contributed by atoms with Crippen molar-refractivity contribution in [2.75, 3.05) is 13.1 Å². The van der Waals surface area contributed by atoms with E-state index in [2.05, 4.69) is 20.8 Å². The Morgan fingerprint density at radius 2 is 2.00 bits per heavy atom. The average Bonchev–Trinajstić information content (AvgIpc) is 2.29. The Hall–Kier alpha value is -2.18. The lowest BCUT2D eigenvalue weighted by Gasteiger charge is -2.04. The van der Waals surface area contributed by atoms with Crippen LogP contribution in [0.4, 0.5) is 0 Å². The fraction of sp³-hybridized carbons (Fsp3) is 0.400. The van der Waals surface area contributed by atoms with E-state index in [9.17, 15) is 14.4 Å². The van der Waals surface area contributed by atoms with Gasteiger partial charge in [-0.3, -0.25) is 14.4 Å². The molecule has 17 heavy (non-hydrogen) atoms. The summed E-state index contributed by atoms with van der Waals surface area (Å²) in [5.74, 6) is -0.456. The standard InChI is InChI=1S/C10H14N4O3/c1-7(15)11-5-2-6-12-10(17)8-3-4-9(16)14-13-8/h3-4H,2,5-6H2,1H3,(H,11,15)(H,12,17)(H,14,16). The van der Waals surface area contributed by atoms with Crippen LogP contribution in [-0.4, -0.2) is 35.1 Å². The molecule has 7 nitrogen and oxygen atoms in total. The second-order valence-corrected chi connectivity index (χ2v) is 3.40. The number of rotatable bonds is 5. The molecule has 7 heteroatoms. The summed E-state index contributed by atoms with van der Waals surface area (Å²) < 4.78 is 0. The van der Waals surface area contributed by atoms with Crippen molar-refractivity contribution in [2.24, 2.45) is 0 Å². The first-order valence-electron chi connectivity index (χ1n) is 5.18. The van der Waals surface area contributed by atoms with Crippen LogP contribution < -0.4 is 16.2 Å². The zero-order valence-electron chi connectivity index (χ0n) is 9.45. The molecular weight excluding hydrogens is 224 g/mol. The maximum atomic E-state index is 11.5. The van der Waals surface area contributed by atoms with Crippen LogP contribution in [-0.2, 0) is 4.79 Å². The van der Waals surface area contributed by atoms with Crippen molar-refractivity contribution in [3.63, 3.8) is 0 Å². The number of aromatic nitrogens is 2. The van der Waals surface area contributed by atoms with Crippen molar-refractivity contribution in [1.29, 1.82) is 0 Å². The number of hydrogen-bond acceptors (Lipinski definition) is 4. The monoisotopic (exact) mass is 238 g/mol. The van der Waals surface area contributed by atoms with Gasteiger partial charge in [0.25, 0.3) is 11.5 Å². The minimum absolute atomic E-state index is 0.0985. The molecule has 0 aliphatic heterocycles. The number of carbonyl (C=O) groups excluding carboxylic acids is 2. The first-order chi connectivity index (χ1) is 8.09. The Balaban J connectivity index is 2.28. The average molecular weight is 238 g/mol. The van der Waals surface area contributed by atoms with Gasteiger partial charge in [0.2, 0.25) is 5.91 Å². The SMILES string of the molecule is CC(=O)NCCCNC(=O)c1ccc(=O)[nH]n1. The van der Waals surface area contributed by atoms with Gasteiger partial charge < -0.3 is 10.6 Å². The maximum absolute atomic E-state index is 11.5. The van der Waals surface area contributed by atoms with Gasteiger partial charge in [-0.1, -0.05) is 0 Å². The van der Waals surface area contributed by atoms with Crippen LogP contribution in [0.5, 0.6) is 0 Å². The Labute approximate surface area is 97.6 Å². The molecule has 0 spiro atoms. The highest BCUT2D eigenvalue weighted by atomic mass is 16.2. The van der Waals surface area contributed by atoms with Gasteiger partial charge in [0, 0.05) is 26.1 Å². The Kier molecular flexibility index (Phi) is 4.86. The minimum atomic E-state index is -0.357. The van der Waals surface area contributed by atoms with E-state index < -0.39 is 0 Å². The zero-order valence-corrected chi connectivity index (χ0v) is 9.45. The first-order valence-corrected chi connectivity index (χ1v) is 5.18. The quantitative estimate of drug-likeness (QED) is 0.574. The van der Waals surface area contributed by atoms with Crippen LogP contribution >= 0.6 is 0 Å². The molecule has 0 radical (unpaired) electrons. The van der Waals surface area contributed by atoms with Gasteiger partial charge in [-0.2, -0.15) is 5.10 Å². The van der Waals surface area contributed by atoms with Gasteiger partial charge >= 0.3 is 0 Å². The molecule has 3 N–H and O–H groups in total. The van der Waals surface area contributed by atoms with E-state index in [-0.39, 0.29) is 23.1 Å². The topological polar surface area (TPSA) is 104 Å². The van der Waals surface area contributed by atoms with Crippen LogP contribution in [0.3, 0.4) is 0 Å². The maximum Gasteiger partial charge on any atom is 0.271 e. The van der Waals surface area contributed by atoms with Crippen molar-refractivity contribution in [2.45, 2.75) is 13.3 Å². The molecule has 0 aliphatic carbocycles. The molecule has 2 amide bonds. The summed E-state index contributed by atoms with van der Waals surface area (Å²) >= 11 is 0. The summed E-state index contributed by atoms with van der Waals surface area (Å²) in [5, 5.41) is 11.0. The molecule has 0 atom stereocenters. The smallest absolute Gasteiger partial charge is 0.271 e. The molecule has 0 saturated carbocycles. The summed E-state index contributed by atoms with van der Waals surface area (Å²) in [4.78, 5) is 32.7. The second-order valence-electron chi connectivity index (χ2n) is 3.40. The van der Waals surface area contributed by atoms with E-state index >= 15 is 0 Å². The van der Waals surface area contributed by atoms with Crippen molar-refractivity contribution in [1.82, 2.24) is 20.8 Å². The predicted octanol–water partition coefficient (Wildman–Crippen LogP) is -0.974. The molecule has 0 aliphatic rings. The van der Waals surface area contributed by atoms with Crippen LogP contribution in [0.25, 0.3) is 0 Å². The van der Waals surface area contributed by atoms with E-state index in [0.717, 1.165) is 0 Å². The fourth-order valence-electron chi connectivity index (χ4n) is 1.12. The van der Waals surface area contributed by atoms with E-state index in [1.807, 2.05) is 0 Å². The lowest BCUT2D eigenvalue weighted by Crippen LogP contribution is -2.29. The summed E-state index contributed by atoms with van der Waals surface area (Å²) in [7, 11) is 0. The van der Waals surface area contributed by atoms with Gasteiger partial charge in [0.05, 0.1) is 0 Å². The highest BCUT2D eigenvalue weighted by molar-refractivity contribution is 5.91. The third-order valence-electron chi connectivity index (χ3n) is 1.92. The molecule has 92 valence electrons. The second kappa shape index (κ2) is 6.41. The number of H-pyrrole nitrogens is 1. The Morgan fingerprint density at radius 1 is 1.29 bits per heavy atom. The highest BCUT2D eigenvalue weighted by Crippen LogP contribution is 1.88. The number of amides is 2. The molecule has 0 fully saturated rings. The highest BCUT2D eigenvalue weighted by Gasteiger charge is 2.05. The van der Waals surface area contributed by atoms with Gasteiger partial charge in [-0.25, -0.2) is 5.10 Å². The van der Waals surface area contributed by atoms with Gasteiger partial charge in [0.15, 0.2) is 0 Å². The molecule has 0 aromatic carbocycles. The number of nitrogens with one attached hydrogen (secondary N) is 3. The minimum Gasteiger partial charge on any atom is -0.356 e. The third-order valence-corrected chi connectivity index (χ3v) is 1.92. The van der Waals surface area contributed by atoms with Crippen LogP contribution in [0.1, 0.15) is 23.8 Å². The third kappa shape index (κ3) is 4.92. The molecule has 1 aromatic rings. The van der Waals surface area contributed by atoms with Crippen LogP contribution in [0.2, 0.25) is 0 Å². The molecule has 1 aromatic heterocycles. The zero-order chi connectivity index (χ0) is 12.7. The lowest BCUT2D eigenvalue weighted by molar-refractivity contribution is -0.118. The van der Waals surface area contributed by atoms with Gasteiger partial charge in [0.1, 0.15) is 5.69 Å². The normalized spacial score (nSPS) is 9.71. The number of hydrogen-bond donors (Lipinski definition) is 3.